The van der Waals surface area contributed by atoms with Crippen molar-refractivity contribution < 1.29 is 14.3 Å². The second-order valence-electron chi connectivity index (χ2n) is 7.60. The molecular formula is C28H26O3. The molecule has 3 heteroatoms. The molecule has 0 heterocycles. The highest BCUT2D eigenvalue weighted by Gasteiger charge is 2.30. The highest BCUT2D eigenvalue weighted by Crippen LogP contribution is 2.39. The van der Waals surface area contributed by atoms with Crippen LogP contribution in [0.5, 0.6) is 0 Å². The van der Waals surface area contributed by atoms with E-state index in [4.69, 9.17) is 11.2 Å². The molecule has 0 aliphatic rings. The van der Waals surface area contributed by atoms with Crippen molar-refractivity contribution >= 4 is 11.8 Å². The SMILES string of the molecule is C#CCOC(=O)C[C@@H](c1ccccc1)[C@@H](CC(=O)c1ccccc1)c1ccc(C)cc1. The van der Waals surface area contributed by atoms with Gasteiger partial charge < -0.3 is 4.74 Å². The Labute approximate surface area is 184 Å². The molecule has 3 aromatic carbocycles. The first-order valence-electron chi connectivity index (χ1n) is 10.4. The fraction of sp³-hybridized carbons (Fsp3) is 0.214. The quantitative estimate of drug-likeness (QED) is 0.258. The topological polar surface area (TPSA) is 43.4 Å². The van der Waals surface area contributed by atoms with E-state index in [9.17, 15) is 9.59 Å². The summed E-state index contributed by atoms with van der Waals surface area (Å²) in [4.78, 5) is 25.7. The van der Waals surface area contributed by atoms with Crippen LogP contribution in [0.15, 0.2) is 84.9 Å². The molecule has 0 saturated carbocycles. The number of hydrogen-bond acceptors (Lipinski definition) is 3. The predicted molar refractivity (Wildman–Crippen MR) is 123 cm³/mol. The van der Waals surface area contributed by atoms with Gasteiger partial charge in [0.1, 0.15) is 0 Å². The molecule has 0 radical (unpaired) electrons. The summed E-state index contributed by atoms with van der Waals surface area (Å²) < 4.78 is 5.18. The number of hydrogen-bond donors (Lipinski definition) is 0. The van der Waals surface area contributed by atoms with Gasteiger partial charge in [0.15, 0.2) is 12.4 Å². The molecule has 0 N–H and O–H groups in total. The highest BCUT2D eigenvalue weighted by atomic mass is 16.5. The Balaban J connectivity index is 1.99. The van der Waals surface area contributed by atoms with Crippen molar-refractivity contribution in [3.05, 3.63) is 107 Å². The molecule has 0 bridgehead atoms. The van der Waals surface area contributed by atoms with Crippen LogP contribution < -0.4 is 0 Å². The summed E-state index contributed by atoms with van der Waals surface area (Å²) in [6, 6.07) is 27.2. The van der Waals surface area contributed by atoms with E-state index < -0.39 is 0 Å². The number of Topliss-reactive ketones (excluding diaryl/α,β-unsaturated/α-hetero) is 1. The minimum Gasteiger partial charge on any atom is -0.452 e. The molecule has 0 saturated heterocycles. The Morgan fingerprint density at radius 2 is 1.35 bits per heavy atom. The van der Waals surface area contributed by atoms with E-state index in [0.29, 0.717) is 5.56 Å². The smallest absolute Gasteiger partial charge is 0.307 e. The molecule has 0 amide bonds. The van der Waals surface area contributed by atoms with Gasteiger partial charge >= 0.3 is 5.97 Å². The van der Waals surface area contributed by atoms with Crippen LogP contribution >= 0.6 is 0 Å². The Hall–Kier alpha value is -3.64. The second-order valence-corrected chi connectivity index (χ2v) is 7.60. The maximum atomic E-state index is 13.1. The molecule has 3 nitrogen and oxygen atoms in total. The fourth-order valence-corrected chi connectivity index (χ4v) is 3.80. The van der Waals surface area contributed by atoms with Crippen LogP contribution in [0.25, 0.3) is 0 Å². The van der Waals surface area contributed by atoms with Crippen molar-refractivity contribution in [2.45, 2.75) is 31.6 Å². The Kier molecular flexibility index (Phi) is 7.79. The van der Waals surface area contributed by atoms with Gasteiger partial charge in [-0.3, -0.25) is 9.59 Å². The highest BCUT2D eigenvalue weighted by molar-refractivity contribution is 5.96. The van der Waals surface area contributed by atoms with Gasteiger partial charge in [0.25, 0.3) is 0 Å². The van der Waals surface area contributed by atoms with Crippen molar-refractivity contribution in [2.24, 2.45) is 0 Å². The molecule has 0 spiro atoms. The van der Waals surface area contributed by atoms with Gasteiger partial charge in [-0.1, -0.05) is 96.4 Å². The van der Waals surface area contributed by atoms with Crippen molar-refractivity contribution in [1.82, 2.24) is 0 Å². The van der Waals surface area contributed by atoms with E-state index in [1.165, 1.54) is 0 Å². The lowest BCUT2D eigenvalue weighted by molar-refractivity contribution is -0.142. The molecule has 31 heavy (non-hydrogen) atoms. The third-order valence-corrected chi connectivity index (χ3v) is 5.42. The number of carbonyl (C=O) groups excluding carboxylic acids is 2. The first-order valence-corrected chi connectivity index (χ1v) is 10.4. The number of aryl methyl sites for hydroxylation is 1. The Morgan fingerprint density at radius 3 is 1.97 bits per heavy atom. The minimum atomic E-state index is -0.365. The zero-order valence-electron chi connectivity index (χ0n) is 17.7. The van der Waals surface area contributed by atoms with Crippen LogP contribution in [0.4, 0.5) is 0 Å². The lowest BCUT2D eigenvalue weighted by Gasteiger charge is -2.27. The minimum absolute atomic E-state index is 0.0455. The van der Waals surface area contributed by atoms with Gasteiger partial charge in [-0.05, 0) is 24.0 Å². The predicted octanol–water partition coefficient (Wildman–Crippen LogP) is 5.70. The van der Waals surface area contributed by atoms with E-state index in [1.54, 1.807) is 0 Å². The van der Waals surface area contributed by atoms with E-state index in [-0.39, 0.29) is 43.0 Å². The summed E-state index contributed by atoms with van der Waals surface area (Å²) in [7, 11) is 0. The first kappa shape index (κ1) is 22.1. The molecule has 0 aliphatic heterocycles. The fourth-order valence-electron chi connectivity index (χ4n) is 3.80. The van der Waals surface area contributed by atoms with Gasteiger partial charge in [0, 0.05) is 17.9 Å². The number of ether oxygens (including phenoxy) is 1. The molecule has 0 unspecified atom stereocenters. The van der Waals surface area contributed by atoms with Crippen LogP contribution in [0.3, 0.4) is 0 Å². The molecule has 3 rings (SSSR count). The number of ketones is 1. The second kappa shape index (κ2) is 10.9. The van der Waals surface area contributed by atoms with Crippen LogP contribution in [0.1, 0.15) is 51.7 Å². The monoisotopic (exact) mass is 410 g/mol. The van der Waals surface area contributed by atoms with Crippen LogP contribution in [0.2, 0.25) is 0 Å². The van der Waals surface area contributed by atoms with Crippen LogP contribution in [-0.4, -0.2) is 18.4 Å². The zero-order chi connectivity index (χ0) is 22.1. The summed E-state index contributed by atoms with van der Waals surface area (Å²) in [5.41, 5.74) is 3.82. The van der Waals surface area contributed by atoms with E-state index >= 15 is 0 Å². The van der Waals surface area contributed by atoms with Crippen molar-refractivity contribution in [3.63, 3.8) is 0 Å². The third-order valence-electron chi connectivity index (χ3n) is 5.42. The van der Waals surface area contributed by atoms with Crippen LogP contribution in [-0.2, 0) is 9.53 Å². The standard InChI is InChI=1S/C28H26O3/c1-3-18-31-28(30)20-26(22-10-6-4-7-11-22)25(23-16-14-21(2)15-17-23)19-27(29)24-12-8-5-9-13-24/h1,4-17,25-26H,18-20H2,2H3/t25-,26-/m0/s1. The molecule has 3 aromatic rings. The molecule has 0 aromatic heterocycles. The number of terminal acetylenes is 1. The van der Waals surface area contributed by atoms with E-state index in [0.717, 1.165) is 16.7 Å². The zero-order valence-corrected chi connectivity index (χ0v) is 17.7. The normalized spacial score (nSPS) is 12.4. The average Bonchev–Trinajstić information content (AvgIpc) is 2.81. The summed E-state index contributed by atoms with van der Waals surface area (Å²) in [5, 5.41) is 0. The van der Waals surface area contributed by atoms with Crippen LogP contribution in [0, 0.1) is 19.3 Å². The molecular weight excluding hydrogens is 384 g/mol. The average molecular weight is 411 g/mol. The third kappa shape index (κ3) is 6.17. The van der Waals surface area contributed by atoms with Crippen molar-refractivity contribution in [1.29, 1.82) is 0 Å². The maximum absolute atomic E-state index is 13.1. The lowest BCUT2D eigenvalue weighted by Crippen LogP contribution is -2.20. The molecule has 0 fully saturated rings. The van der Waals surface area contributed by atoms with Crippen molar-refractivity contribution in [3.8, 4) is 12.3 Å². The van der Waals surface area contributed by atoms with Gasteiger partial charge in [-0.15, -0.1) is 6.42 Å². The number of benzene rings is 3. The number of carbonyl (C=O) groups is 2. The summed E-state index contributed by atoms with van der Waals surface area (Å²) in [5.74, 6) is 1.61. The number of esters is 1. The van der Waals surface area contributed by atoms with Crippen molar-refractivity contribution in [2.75, 3.05) is 6.61 Å². The summed E-state index contributed by atoms with van der Waals surface area (Å²) in [6.07, 6.45) is 5.67. The Morgan fingerprint density at radius 1 is 0.806 bits per heavy atom. The Bertz CT molecular complexity index is 1030. The molecule has 156 valence electrons. The van der Waals surface area contributed by atoms with E-state index in [2.05, 4.69) is 5.92 Å². The lowest BCUT2D eigenvalue weighted by atomic mass is 9.76. The van der Waals surface area contributed by atoms with Gasteiger partial charge in [0.05, 0.1) is 6.42 Å². The first-order chi connectivity index (χ1) is 15.1. The van der Waals surface area contributed by atoms with Gasteiger partial charge in [0.2, 0.25) is 0 Å². The van der Waals surface area contributed by atoms with Gasteiger partial charge in [-0.2, -0.15) is 0 Å². The van der Waals surface area contributed by atoms with E-state index in [1.807, 2.05) is 91.9 Å². The summed E-state index contributed by atoms with van der Waals surface area (Å²) >= 11 is 0. The maximum Gasteiger partial charge on any atom is 0.307 e. The largest absolute Gasteiger partial charge is 0.452 e. The molecule has 2 atom stereocenters. The van der Waals surface area contributed by atoms with Gasteiger partial charge in [-0.25, -0.2) is 0 Å². The summed E-state index contributed by atoms with van der Waals surface area (Å²) in [6.45, 7) is 1.97. The number of rotatable bonds is 9. The molecule has 0 aliphatic carbocycles.